The molecule has 0 heterocycles. The van der Waals surface area contributed by atoms with Crippen molar-refractivity contribution in [3.8, 4) is 0 Å². The molecule has 0 N–H and O–H groups in total. The van der Waals surface area contributed by atoms with Crippen LogP contribution >= 0.6 is 11.8 Å². The molecule has 4 rings (SSSR count). The number of benzene rings is 4. The molecule has 0 radical (unpaired) electrons. The van der Waals surface area contributed by atoms with Crippen molar-refractivity contribution in [3.63, 3.8) is 0 Å². The third kappa shape index (κ3) is 6.61. The van der Waals surface area contributed by atoms with E-state index in [0.717, 1.165) is 38.1 Å². The summed E-state index contributed by atoms with van der Waals surface area (Å²) in [6.07, 6.45) is 2.26. The van der Waals surface area contributed by atoms with Crippen molar-refractivity contribution in [2.75, 3.05) is 19.8 Å². The van der Waals surface area contributed by atoms with Gasteiger partial charge in [0.05, 0.1) is 26.4 Å². The first kappa shape index (κ1) is 24.7. The molecule has 5 heteroatoms. The molecular formula is C30H28O4S. The molecule has 0 amide bonds. The molecule has 0 saturated heterocycles. The van der Waals surface area contributed by atoms with Gasteiger partial charge in [-0.2, -0.15) is 0 Å². The molecule has 178 valence electrons. The second kappa shape index (κ2) is 12.4. The normalized spacial score (nSPS) is 11.9. The van der Waals surface area contributed by atoms with Gasteiger partial charge in [-0.15, -0.1) is 6.58 Å². The van der Waals surface area contributed by atoms with Gasteiger partial charge in [0.25, 0.3) is 0 Å². The minimum Gasteiger partial charge on any atom is -0.454 e. The van der Waals surface area contributed by atoms with Crippen LogP contribution in [0.25, 0.3) is 21.5 Å². The lowest BCUT2D eigenvalue weighted by atomic mass is 9.97. The van der Waals surface area contributed by atoms with Gasteiger partial charge in [0.2, 0.25) is 0 Å². The summed E-state index contributed by atoms with van der Waals surface area (Å²) in [4.78, 5) is 14.1. The largest absolute Gasteiger partial charge is 0.454 e. The van der Waals surface area contributed by atoms with Crippen LogP contribution in [0.3, 0.4) is 0 Å². The predicted octanol–water partition coefficient (Wildman–Crippen LogP) is 6.96. The maximum absolute atomic E-state index is 11.8. The lowest BCUT2D eigenvalue weighted by molar-refractivity contribution is -0.150. The van der Waals surface area contributed by atoms with Crippen LogP contribution in [0.15, 0.2) is 114 Å². The number of carbonyl (C=O) groups excluding carboxylic acids is 1. The second-order valence-corrected chi connectivity index (χ2v) is 9.13. The molecule has 1 unspecified atom stereocenters. The summed E-state index contributed by atoms with van der Waals surface area (Å²) in [7, 11) is 0. The van der Waals surface area contributed by atoms with Crippen LogP contribution in [0.2, 0.25) is 0 Å². The first-order valence-electron chi connectivity index (χ1n) is 11.4. The Hall–Kier alpha value is -3.38. The quantitative estimate of drug-likeness (QED) is 0.0715. The highest BCUT2D eigenvalue weighted by Crippen LogP contribution is 2.34. The third-order valence-electron chi connectivity index (χ3n) is 5.46. The molecule has 0 aromatic heterocycles. The SMILES string of the molecule is C=CCOCC(COCc1c2ccccc2cc2ccc(Sc3ccccc3)cc12)OC(=O)C=C. The molecule has 0 saturated carbocycles. The summed E-state index contributed by atoms with van der Waals surface area (Å²) >= 11 is 1.73. The average Bonchev–Trinajstić information content (AvgIpc) is 2.89. The van der Waals surface area contributed by atoms with Gasteiger partial charge in [-0.05, 0) is 57.4 Å². The Morgan fingerprint density at radius 2 is 1.57 bits per heavy atom. The highest BCUT2D eigenvalue weighted by atomic mass is 32.2. The number of carbonyl (C=O) groups is 1. The Kier molecular flexibility index (Phi) is 8.74. The lowest BCUT2D eigenvalue weighted by Gasteiger charge is -2.18. The number of ether oxygens (including phenoxy) is 3. The summed E-state index contributed by atoms with van der Waals surface area (Å²) in [5.41, 5.74) is 1.11. The topological polar surface area (TPSA) is 44.8 Å². The maximum Gasteiger partial charge on any atom is 0.330 e. The molecule has 4 aromatic carbocycles. The van der Waals surface area contributed by atoms with Crippen LogP contribution in [0.1, 0.15) is 5.56 Å². The molecule has 1 atom stereocenters. The zero-order chi connectivity index (χ0) is 24.5. The van der Waals surface area contributed by atoms with Gasteiger partial charge < -0.3 is 14.2 Å². The van der Waals surface area contributed by atoms with Crippen molar-refractivity contribution in [3.05, 3.63) is 110 Å². The molecule has 0 spiro atoms. The van der Waals surface area contributed by atoms with Gasteiger partial charge >= 0.3 is 5.97 Å². The van der Waals surface area contributed by atoms with E-state index in [1.807, 2.05) is 30.3 Å². The van der Waals surface area contributed by atoms with Crippen LogP contribution < -0.4 is 0 Å². The highest BCUT2D eigenvalue weighted by Gasteiger charge is 2.15. The van der Waals surface area contributed by atoms with Crippen molar-refractivity contribution in [2.45, 2.75) is 22.5 Å². The number of rotatable bonds is 12. The molecular weight excluding hydrogens is 456 g/mol. The molecule has 0 aliphatic heterocycles. The number of esters is 1. The van der Waals surface area contributed by atoms with E-state index in [1.54, 1.807) is 17.8 Å². The van der Waals surface area contributed by atoms with E-state index in [2.05, 4.69) is 61.7 Å². The molecule has 0 bridgehead atoms. The van der Waals surface area contributed by atoms with E-state index >= 15 is 0 Å². The maximum atomic E-state index is 11.8. The van der Waals surface area contributed by atoms with Gasteiger partial charge in [0.15, 0.2) is 0 Å². The molecule has 4 nitrogen and oxygen atoms in total. The Morgan fingerprint density at radius 1 is 0.829 bits per heavy atom. The monoisotopic (exact) mass is 484 g/mol. The summed E-state index contributed by atoms with van der Waals surface area (Å²) in [5, 5.41) is 4.60. The van der Waals surface area contributed by atoms with Crippen molar-refractivity contribution in [2.24, 2.45) is 0 Å². The van der Waals surface area contributed by atoms with Gasteiger partial charge in [-0.25, -0.2) is 4.79 Å². The summed E-state index contributed by atoms with van der Waals surface area (Å²) < 4.78 is 17.0. The summed E-state index contributed by atoms with van der Waals surface area (Å²) in [5.74, 6) is -0.501. The van der Waals surface area contributed by atoms with E-state index < -0.39 is 12.1 Å². The molecule has 0 aliphatic rings. The van der Waals surface area contributed by atoms with Crippen LogP contribution in [-0.4, -0.2) is 31.9 Å². The molecule has 0 aliphatic carbocycles. The van der Waals surface area contributed by atoms with Gasteiger partial charge in [0, 0.05) is 15.9 Å². The van der Waals surface area contributed by atoms with Crippen molar-refractivity contribution < 1.29 is 19.0 Å². The second-order valence-electron chi connectivity index (χ2n) is 7.98. The summed E-state index contributed by atoms with van der Waals surface area (Å²) in [6.45, 7) is 8.30. The van der Waals surface area contributed by atoms with Gasteiger partial charge in [-0.1, -0.05) is 72.9 Å². The van der Waals surface area contributed by atoms with E-state index in [0.29, 0.717) is 13.2 Å². The first-order chi connectivity index (χ1) is 17.2. The Balaban J connectivity index is 1.60. The smallest absolute Gasteiger partial charge is 0.330 e. The van der Waals surface area contributed by atoms with Crippen LogP contribution in [0.5, 0.6) is 0 Å². The van der Waals surface area contributed by atoms with E-state index in [4.69, 9.17) is 14.2 Å². The van der Waals surface area contributed by atoms with E-state index in [-0.39, 0.29) is 13.2 Å². The Bertz CT molecular complexity index is 1320. The Labute approximate surface area is 210 Å². The fourth-order valence-electron chi connectivity index (χ4n) is 3.88. The standard InChI is InChI=1S/C30H28O4S/c1-3-16-32-19-24(34-30(31)4-2)20-33-21-29-27-13-9-8-10-22(27)17-23-14-15-26(18-28(23)29)35-25-11-6-5-7-12-25/h3-15,17-18,24H,1-2,16,19-21H2. The van der Waals surface area contributed by atoms with Crippen molar-refractivity contribution in [1.82, 2.24) is 0 Å². The zero-order valence-electron chi connectivity index (χ0n) is 19.5. The lowest BCUT2D eigenvalue weighted by Crippen LogP contribution is -2.28. The van der Waals surface area contributed by atoms with Gasteiger partial charge in [0.1, 0.15) is 6.10 Å². The molecule has 4 aromatic rings. The average molecular weight is 485 g/mol. The zero-order valence-corrected chi connectivity index (χ0v) is 20.3. The van der Waals surface area contributed by atoms with Crippen LogP contribution in [0.4, 0.5) is 0 Å². The number of hydrogen-bond acceptors (Lipinski definition) is 5. The molecule has 0 fully saturated rings. The van der Waals surface area contributed by atoms with Gasteiger partial charge in [-0.3, -0.25) is 0 Å². The van der Waals surface area contributed by atoms with E-state index in [9.17, 15) is 4.79 Å². The third-order valence-corrected chi connectivity index (χ3v) is 6.46. The minimum atomic E-state index is -0.536. The van der Waals surface area contributed by atoms with Crippen LogP contribution in [0, 0.1) is 0 Å². The fourth-order valence-corrected chi connectivity index (χ4v) is 4.76. The summed E-state index contributed by atoms with van der Waals surface area (Å²) in [6, 6.07) is 27.4. The van der Waals surface area contributed by atoms with Crippen LogP contribution in [-0.2, 0) is 25.6 Å². The molecule has 35 heavy (non-hydrogen) atoms. The Morgan fingerprint density at radius 3 is 2.37 bits per heavy atom. The number of hydrogen-bond donors (Lipinski definition) is 0. The first-order valence-corrected chi connectivity index (χ1v) is 12.3. The van der Waals surface area contributed by atoms with Crippen molar-refractivity contribution >= 4 is 39.3 Å². The number of fused-ring (bicyclic) bond motifs is 2. The minimum absolute atomic E-state index is 0.208. The highest BCUT2D eigenvalue weighted by molar-refractivity contribution is 7.99. The predicted molar refractivity (Wildman–Crippen MR) is 143 cm³/mol. The fraction of sp³-hybridized carbons (Fsp3) is 0.167. The van der Waals surface area contributed by atoms with Crippen molar-refractivity contribution in [1.29, 1.82) is 0 Å². The van der Waals surface area contributed by atoms with E-state index in [1.165, 1.54) is 4.90 Å².